The lowest BCUT2D eigenvalue weighted by molar-refractivity contribution is 0.0947. The number of halogens is 1. The van der Waals surface area contributed by atoms with E-state index in [0.717, 1.165) is 19.0 Å². The molecule has 1 unspecified atom stereocenters. The fraction of sp³-hybridized carbons (Fsp3) is 0.500. The van der Waals surface area contributed by atoms with E-state index in [1.54, 1.807) is 0 Å². The predicted octanol–water partition coefficient (Wildman–Crippen LogP) is 1.33. The lowest BCUT2D eigenvalue weighted by atomic mass is 10.1. The van der Waals surface area contributed by atoms with Crippen molar-refractivity contribution in [1.29, 1.82) is 0 Å². The summed E-state index contributed by atoms with van der Waals surface area (Å²) in [4.78, 5) is 15.3. The lowest BCUT2D eigenvalue weighted by Gasteiger charge is -2.08. The first-order valence-electron chi connectivity index (χ1n) is 5.73. The van der Waals surface area contributed by atoms with Crippen LogP contribution in [-0.2, 0) is 0 Å². The Morgan fingerprint density at radius 2 is 2.35 bits per heavy atom. The molecule has 1 aromatic heterocycles. The third kappa shape index (κ3) is 4.91. The molecule has 0 aliphatic rings. The molecular formula is C12H18FN3O. The normalized spacial score (nSPS) is 12.2. The fourth-order valence-electron chi connectivity index (χ4n) is 1.37. The van der Waals surface area contributed by atoms with Crippen LogP contribution in [0.3, 0.4) is 0 Å². The van der Waals surface area contributed by atoms with Gasteiger partial charge in [0.15, 0.2) is 0 Å². The van der Waals surface area contributed by atoms with Crippen molar-refractivity contribution < 1.29 is 9.18 Å². The molecule has 0 bridgehead atoms. The van der Waals surface area contributed by atoms with Crippen LogP contribution in [-0.4, -0.2) is 24.0 Å². The average Bonchev–Trinajstić information content (AvgIpc) is 2.34. The van der Waals surface area contributed by atoms with E-state index in [-0.39, 0.29) is 11.6 Å². The molecule has 0 spiro atoms. The molecule has 0 aliphatic carbocycles. The van der Waals surface area contributed by atoms with Gasteiger partial charge in [-0.05, 0) is 37.4 Å². The molecule has 0 radical (unpaired) electrons. The highest BCUT2D eigenvalue weighted by atomic mass is 19.1. The maximum Gasteiger partial charge on any atom is 0.269 e. The number of nitrogens with zero attached hydrogens (tertiary/aromatic N) is 1. The van der Waals surface area contributed by atoms with Crippen molar-refractivity contribution in [3.05, 3.63) is 29.8 Å². The quantitative estimate of drug-likeness (QED) is 0.736. The molecule has 0 saturated carbocycles. The number of nitrogens with two attached hydrogens (primary N) is 1. The number of pyridine rings is 1. The molecule has 17 heavy (non-hydrogen) atoms. The van der Waals surface area contributed by atoms with Gasteiger partial charge in [0.05, 0.1) is 6.20 Å². The third-order valence-corrected chi connectivity index (χ3v) is 2.52. The SMILES string of the molecule is CC(CN)CCCNC(=O)c1ccc(F)cn1. The number of rotatable bonds is 6. The van der Waals surface area contributed by atoms with Crippen molar-refractivity contribution in [2.45, 2.75) is 19.8 Å². The van der Waals surface area contributed by atoms with Crippen molar-refractivity contribution in [1.82, 2.24) is 10.3 Å². The first-order valence-corrected chi connectivity index (χ1v) is 5.73. The first-order chi connectivity index (χ1) is 8.13. The van der Waals surface area contributed by atoms with E-state index in [9.17, 15) is 9.18 Å². The molecule has 1 rings (SSSR count). The highest BCUT2D eigenvalue weighted by molar-refractivity contribution is 5.92. The fourth-order valence-corrected chi connectivity index (χ4v) is 1.37. The van der Waals surface area contributed by atoms with Gasteiger partial charge >= 0.3 is 0 Å². The maximum atomic E-state index is 12.6. The molecule has 1 heterocycles. The molecule has 1 aromatic rings. The molecular weight excluding hydrogens is 221 g/mol. The molecule has 5 heteroatoms. The van der Waals surface area contributed by atoms with E-state index in [4.69, 9.17) is 5.73 Å². The van der Waals surface area contributed by atoms with Gasteiger partial charge in [0.25, 0.3) is 5.91 Å². The van der Waals surface area contributed by atoms with Crippen LogP contribution in [0.1, 0.15) is 30.3 Å². The zero-order valence-corrected chi connectivity index (χ0v) is 9.95. The smallest absolute Gasteiger partial charge is 0.269 e. The van der Waals surface area contributed by atoms with E-state index in [1.165, 1.54) is 12.1 Å². The number of aromatic nitrogens is 1. The molecule has 94 valence electrons. The standard InChI is InChI=1S/C12H18FN3O/c1-9(7-14)3-2-6-15-12(17)11-5-4-10(13)8-16-11/h4-5,8-9H,2-3,6-7,14H2,1H3,(H,15,17). The van der Waals surface area contributed by atoms with Gasteiger partial charge in [-0.1, -0.05) is 6.92 Å². The van der Waals surface area contributed by atoms with Crippen molar-refractivity contribution in [2.24, 2.45) is 11.7 Å². The van der Waals surface area contributed by atoms with Crippen LogP contribution >= 0.6 is 0 Å². The van der Waals surface area contributed by atoms with Crippen LogP contribution in [0.2, 0.25) is 0 Å². The van der Waals surface area contributed by atoms with E-state index >= 15 is 0 Å². The van der Waals surface area contributed by atoms with E-state index in [0.29, 0.717) is 19.0 Å². The van der Waals surface area contributed by atoms with Crippen molar-refractivity contribution >= 4 is 5.91 Å². The van der Waals surface area contributed by atoms with Crippen LogP contribution in [0.15, 0.2) is 18.3 Å². The van der Waals surface area contributed by atoms with Crippen LogP contribution in [0.5, 0.6) is 0 Å². The van der Waals surface area contributed by atoms with Crippen LogP contribution in [0.4, 0.5) is 4.39 Å². The Morgan fingerprint density at radius 1 is 1.59 bits per heavy atom. The minimum Gasteiger partial charge on any atom is -0.351 e. The number of carbonyl (C=O) groups is 1. The minimum atomic E-state index is -0.446. The second-order valence-electron chi connectivity index (χ2n) is 4.10. The topological polar surface area (TPSA) is 68.0 Å². The molecule has 0 aromatic carbocycles. The van der Waals surface area contributed by atoms with Gasteiger partial charge in [-0.25, -0.2) is 9.37 Å². The minimum absolute atomic E-state index is 0.235. The third-order valence-electron chi connectivity index (χ3n) is 2.52. The lowest BCUT2D eigenvalue weighted by Crippen LogP contribution is -2.26. The van der Waals surface area contributed by atoms with E-state index in [2.05, 4.69) is 17.2 Å². The van der Waals surface area contributed by atoms with Gasteiger partial charge in [0, 0.05) is 6.54 Å². The van der Waals surface area contributed by atoms with Gasteiger partial charge in [-0.3, -0.25) is 4.79 Å². The van der Waals surface area contributed by atoms with Gasteiger partial charge in [-0.2, -0.15) is 0 Å². The number of hydrogen-bond acceptors (Lipinski definition) is 3. The maximum absolute atomic E-state index is 12.6. The monoisotopic (exact) mass is 239 g/mol. The van der Waals surface area contributed by atoms with Gasteiger partial charge in [0.1, 0.15) is 11.5 Å². The molecule has 3 N–H and O–H groups in total. The summed E-state index contributed by atoms with van der Waals surface area (Å²) in [6, 6.07) is 2.59. The van der Waals surface area contributed by atoms with Crippen molar-refractivity contribution in [2.75, 3.05) is 13.1 Å². The van der Waals surface area contributed by atoms with Crippen LogP contribution < -0.4 is 11.1 Å². The Balaban J connectivity index is 2.28. The summed E-state index contributed by atoms with van der Waals surface area (Å²) in [7, 11) is 0. The van der Waals surface area contributed by atoms with Crippen LogP contribution in [0.25, 0.3) is 0 Å². The Bertz CT molecular complexity index is 353. The summed E-state index contributed by atoms with van der Waals surface area (Å²) in [5.74, 6) is -0.250. The van der Waals surface area contributed by atoms with Gasteiger partial charge in [0.2, 0.25) is 0 Å². The Hall–Kier alpha value is -1.49. The molecule has 1 atom stereocenters. The average molecular weight is 239 g/mol. The largest absolute Gasteiger partial charge is 0.351 e. The van der Waals surface area contributed by atoms with Crippen molar-refractivity contribution in [3.8, 4) is 0 Å². The summed E-state index contributed by atoms with van der Waals surface area (Å²) in [5.41, 5.74) is 5.72. The highest BCUT2D eigenvalue weighted by Gasteiger charge is 2.06. The summed E-state index contributed by atoms with van der Waals surface area (Å²) in [6.07, 6.45) is 2.89. The summed E-state index contributed by atoms with van der Waals surface area (Å²) in [5, 5.41) is 2.73. The number of carbonyl (C=O) groups excluding carboxylic acids is 1. The van der Waals surface area contributed by atoms with Crippen molar-refractivity contribution in [3.63, 3.8) is 0 Å². The molecule has 0 aliphatic heterocycles. The number of nitrogens with one attached hydrogen (secondary N) is 1. The van der Waals surface area contributed by atoms with Gasteiger partial charge < -0.3 is 11.1 Å². The second kappa shape index (κ2) is 6.96. The van der Waals surface area contributed by atoms with E-state index < -0.39 is 5.82 Å². The first kappa shape index (κ1) is 13.6. The van der Waals surface area contributed by atoms with Crippen LogP contribution in [0, 0.1) is 11.7 Å². The number of hydrogen-bond donors (Lipinski definition) is 2. The zero-order chi connectivity index (χ0) is 12.7. The van der Waals surface area contributed by atoms with E-state index in [1.807, 2.05) is 0 Å². The molecule has 4 nitrogen and oxygen atoms in total. The highest BCUT2D eigenvalue weighted by Crippen LogP contribution is 2.02. The molecule has 0 fully saturated rings. The summed E-state index contributed by atoms with van der Waals surface area (Å²) >= 11 is 0. The summed E-state index contributed by atoms with van der Waals surface area (Å²) in [6.45, 7) is 3.32. The Labute approximate surface area is 100 Å². The van der Waals surface area contributed by atoms with Gasteiger partial charge in [-0.15, -0.1) is 0 Å². The Morgan fingerprint density at radius 3 is 2.94 bits per heavy atom. The molecule has 1 amide bonds. The number of amides is 1. The zero-order valence-electron chi connectivity index (χ0n) is 9.95. The summed E-state index contributed by atoms with van der Waals surface area (Å²) < 4.78 is 12.6. The second-order valence-corrected chi connectivity index (χ2v) is 4.10. The predicted molar refractivity (Wildman–Crippen MR) is 64.0 cm³/mol. The molecule has 0 saturated heterocycles. The Kier molecular flexibility index (Phi) is 5.56.